The van der Waals surface area contributed by atoms with Crippen LogP contribution in [0, 0.1) is 22.7 Å². The van der Waals surface area contributed by atoms with Crippen molar-refractivity contribution in [2.75, 3.05) is 0 Å². The van der Waals surface area contributed by atoms with Crippen molar-refractivity contribution in [3.05, 3.63) is 34.9 Å². The first kappa shape index (κ1) is 17.8. The van der Waals surface area contributed by atoms with Crippen LogP contribution in [-0.2, 0) is 6.42 Å². The molecular weight excluding hydrogens is 374 g/mol. The maximum absolute atomic E-state index is 12.2. The predicted octanol–water partition coefficient (Wildman–Crippen LogP) is 3.17. The standard InChI is InChI=1S/C16H14BrN5O2/c1-15(2,8-18)20-21-16(3,9-19)7-10-5-4-6-11-12(10)14(24)22(17)13(11)23/h4-6H,7H2,1-3H3. The Labute approximate surface area is 147 Å². The van der Waals surface area contributed by atoms with Crippen molar-refractivity contribution in [1.82, 2.24) is 3.93 Å². The largest absolute Gasteiger partial charge is 0.272 e. The molecule has 1 heterocycles. The van der Waals surface area contributed by atoms with Crippen LogP contribution >= 0.6 is 16.1 Å². The van der Waals surface area contributed by atoms with Crippen LogP contribution in [0.3, 0.4) is 0 Å². The summed E-state index contributed by atoms with van der Waals surface area (Å²) in [7, 11) is 0. The van der Waals surface area contributed by atoms with Gasteiger partial charge in [-0.3, -0.25) is 9.59 Å². The molecule has 7 nitrogen and oxygen atoms in total. The van der Waals surface area contributed by atoms with Crippen LogP contribution in [0.5, 0.6) is 0 Å². The van der Waals surface area contributed by atoms with Gasteiger partial charge < -0.3 is 0 Å². The highest BCUT2D eigenvalue weighted by atomic mass is 79.9. The van der Waals surface area contributed by atoms with Gasteiger partial charge in [-0.2, -0.15) is 20.8 Å². The van der Waals surface area contributed by atoms with Crippen LogP contribution in [0.2, 0.25) is 0 Å². The molecule has 1 aliphatic heterocycles. The maximum atomic E-state index is 12.2. The van der Waals surface area contributed by atoms with Crippen molar-refractivity contribution in [2.45, 2.75) is 38.3 Å². The Bertz CT molecular complexity index is 834. The number of nitriles is 2. The zero-order valence-corrected chi connectivity index (χ0v) is 15.0. The Morgan fingerprint density at radius 2 is 1.79 bits per heavy atom. The van der Waals surface area contributed by atoms with E-state index in [1.165, 1.54) is 0 Å². The molecule has 0 N–H and O–H groups in total. The molecule has 0 radical (unpaired) electrons. The second-order valence-corrected chi connectivity index (χ2v) is 6.87. The minimum Gasteiger partial charge on any atom is -0.268 e. The van der Waals surface area contributed by atoms with Crippen molar-refractivity contribution in [3.8, 4) is 12.1 Å². The van der Waals surface area contributed by atoms with Crippen LogP contribution < -0.4 is 0 Å². The molecular formula is C16H14BrN5O2. The lowest BCUT2D eigenvalue weighted by Gasteiger charge is -2.18. The van der Waals surface area contributed by atoms with Crippen molar-refractivity contribution in [2.24, 2.45) is 10.2 Å². The summed E-state index contributed by atoms with van der Waals surface area (Å²) in [6.45, 7) is 4.73. The van der Waals surface area contributed by atoms with E-state index in [-0.39, 0.29) is 17.5 Å². The molecule has 0 bridgehead atoms. The fourth-order valence-corrected chi connectivity index (χ4v) is 2.57. The lowest BCUT2D eigenvalue weighted by molar-refractivity contribution is 0.0785. The Morgan fingerprint density at radius 1 is 1.12 bits per heavy atom. The first-order chi connectivity index (χ1) is 11.1. The number of halogens is 1. The zero-order chi connectivity index (χ0) is 18.1. The lowest BCUT2D eigenvalue weighted by atomic mass is 9.90. The van der Waals surface area contributed by atoms with E-state index in [4.69, 9.17) is 5.26 Å². The molecule has 1 unspecified atom stereocenters. The van der Waals surface area contributed by atoms with Gasteiger partial charge in [-0.1, -0.05) is 12.1 Å². The summed E-state index contributed by atoms with van der Waals surface area (Å²) in [5.41, 5.74) is -1.23. The first-order valence-corrected chi connectivity index (χ1v) is 7.78. The average Bonchev–Trinajstić information content (AvgIpc) is 2.79. The molecule has 0 aromatic heterocycles. The molecule has 1 aromatic carbocycles. The highest BCUT2D eigenvalue weighted by Crippen LogP contribution is 2.31. The number of hydrogen-bond acceptors (Lipinski definition) is 6. The number of azo groups is 1. The molecule has 0 saturated carbocycles. The van der Waals surface area contributed by atoms with E-state index < -0.39 is 22.9 Å². The third kappa shape index (κ3) is 3.19. The van der Waals surface area contributed by atoms with Gasteiger partial charge in [-0.05, 0) is 32.4 Å². The molecule has 0 saturated heterocycles. The van der Waals surface area contributed by atoms with E-state index in [2.05, 4.69) is 32.4 Å². The zero-order valence-electron chi connectivity index (χ0n) is 13.4. The van der Waals surface area contributed by atoms with E-state index >= 15 is 0 Å². The summed E-state index contributed by atoms with van der Waals surface area (Å²) in [5, 5.41) is 26.4. The number of imide groups is 1. The number of carbonyl (C=O) groups is 2. The molecule has 0 aliphatic carbocycles. The Hall–Kier alpha value is -2.58. The molecule has 1 atom stereocenters. The lowest BCUT2D eigenvalue weighted by Crippen LogP contribution is -2.25. The summed E-state index contributed by atoms with van der Waals surface area (Å²) >= 11 is 2.94. The monoisotopic (exact) mass is 387 g/mol. The average molecular weight is 388 g/mol. The van der Waals surface area contributed by atoms with Crippen LogP contribution in [0.1, 0.15) is 47.1 Å². The van der Waals surface area contributed by atoms with Gasteiger partial charge in [0, 0.05) is 6.42 Å². The van der Waals surface area contributed by atoms with Gasteiger partial charge in [0.25, 0.3) is 11.8 Å². The van der Waals surface area contributed by atoms with E-state index in [0.717, 1.165) is 3.93 Å². The quantitative estimate of drug-likeness (QED) is 0.448. The summed E-state index contributed by atoms with van der Waals surface area (Å²) in [5.74, 6) is -0.914. The number of amides is 2. The van der Waals surface area contributed by atoms with E-state index in [0.29, 0.717) is 5.56 Å². The van der Waals surface area contributed by atoms with Crippen molar-refractivity contribution < 1.29 is 9.59 Å². The third-order valence-corrected chi connectivity index (χ3v) is 4.17. The van der Waals surface area contributed by atoms with Gasteiger partial charge >= 0.3 is 0 Å². The molecule has 1 aromatic rings. The van der Waals surface area contributed by atoms with Gasteiger partial charge in [-0.15, -0.1) is 0 Å². The number of rotatable bonds is 4. The Balaban J connectivity index is 2.42. The van der Waals surface area contributed by atoms with Gasteiger partial charge in [0.1, 0.15) is 0 Å². The fourth-order valence-electron chi connectivity index (χ4n) is 2.20. The van der Waals surface area contributed by atoms with Crippen molar-refractivity contribution >= 4 is 28.0 Å². The highest BCUT2D eigenvalue weighted by Gasteiger charge is 2.38. The van der Waals surface area contributed by atoms with Crippen molar-refractivity contribution in [1.29, 1.82) is 10.5 Å². The Morgan fingerprint density at radius 3 is 2.38 bits per heavy atom. The highest BCUT2D eigenvalue weighted by molar-refractivity contribution is 9.08. The van der Waals surface area contributed by atoms with E-state index in [1.807, 2.05) is 6.07 Å². The molecule has 2 amide bonds. The Kier molecular flexibility index (Phi) is 4.54. The second-order valence-electron chi connectivity index (χ2n) is 6.16. The summed E-state index contributed by atoms with van der Waals surface area (Å²) in [6, 6.07) is 8.93. The van der Waals surface area contributed by atoms with Gasteiger partial charge in [0.2, 0.25) is 0 Å². The van der Waals surface area contributed by atoms with E-state index in [1.54, 1.807) is 39.0 Å². The van der Waals surface area contributed by atoms with Crippen LogP contribution in [0.15, 0.2) is 28.4 Å². The van der Waals surface area contributed by atoms with Crippen LogP contribution in [-0.4, -0.2) is 26.8 Å². The first-order valence-electron chi connectivity index (χ1n) is 7.07. The number of fused-ring (bicyclic) bond motifs is 1. The summed E-state index contributed by atoms with van der Waals surface area (Å²) in [4.78, 5) is 24.2. The minimum atomic E-state index is -1.26. The van der Waals surface area contributed by atoms with E-state index in [9.17, 15) is 14.9 Å². The number of nitrogens with zero attached hydrogens (tertiary/aromatic N) is 5. The molecule has 0 fully saturated rings. The van der Waals surface area contributed by atoms with Crippen LogP contribution in [0.25, 0.3) is 0 Å². The number of hydrogen-bond donors (Lipinski definition) is 0. The summed E-state index contributed by atoms with van der Waals surface area (Å²) in [6.07, 6.45) is 0.0948. The molecule has 2 rings (SSSR count). The number of benzene rings is 1. The third-order valence-electron chi connectivity index (χ3n) is 3.52. The molecule has 24 heavy (non-hydrogen) atoms. The molecule has 0 spiro atoms. The summed E-state index contributed by atoms with van der Waals surface area (Å²) < 4.78 is 0.866. The van der Waals surface area contributed by atoms with Gasteiger partial charge in [0.05, 0.1) is 39.4 Å². The second kappa shape index (κ2) is 6.14. The topological polar surface area (TPSA) is 110 Å². The minimum absolute atomic E-state index is 0.0948. The predicted molar refractivity (Wildman–Crippen MR) is 88.1 cm³/mol. The normalized spacial score (nSPS) is 16.7. The molecule has 122 valence electrons. The fraction of sp³-hybridized carbons (Fsp3) is 0.375. The smallest absolute Gasteiger partial charge is 0.268 e. The number of carbonyl (C=O) groups excluding carboxylic acids is 2. The van der Waals surface area contributed by atoms with Crippen LogP contribution in [0.4, 0.5) is 0 Å². The van der Waals surface area contributed by atoms with Crippen molar-refractivity contribution in [3.63, 3.8) is 0 Å². The van der Waals surface area contributed by atoms with Gasteiger partial charge in [-0.25, -0.2) is 3.93 Å². The molecule has 8 heteroatoms. The molecule has 1 aliphatic rings. The SMILES string of the molecule is CC(C)(C#N)N=NC(C)(C#N)Cc1cccc2c1C(=O)N(Br)C2=O. The maximum Gasteiger partial charge on any atom is 0.272 e. The van der Waals surface area contributed by atoms with Gasteiger partial charge in [0.15, 0.2) is 11.1 Å².